The number of para-hydroxylation sites is 6. The van der Waals surface area contributed by atoms with Crippen LogP contribution >= 0.6 is 0 Å². The average Bonchev–Trinajstić information content (AvgIpc) is 3.55. The molecule has 0 spiro atoms. The van der Waals surface area contributed by atoms with E-state index in [1.807, 2.05) is 241 Å². The van der Waals surface area contributed by atoms with E-state index in [4.69, 9.17) is 48.8 Å². The maximum Gasteiger partial charge on any atom is 0.119 e. The van der Waals surface area contributed by atoms with Crippen molar-refractivity contribution >= 4 is 0 Å². The molecule has 6 rings (SSSR count). The number of methoxy groups -OCH3 is 4. The Balaban J connectivity index is -0.0000000597. The van der Waals surface area contributed by atoms with Gasteiger partial charge in [-0.15, -0.1) is 0 Å². The zero-order chi connectivity index (χ0) is 63.7. The fraction of sp³-hybridized carbons (Fsp3) is 0.500. The number of hydrogen-bond acceptors (Lipinski definition) is 10. The molecule has 0 fully saturated rings. The Morgan fingerprint density at radius 2 is 0.398 bits per heavy atom. The normalized spacial score (nSPS) is 8.24. The summed E-state index contributed by atoms with van der Waals surface area (Å²) in [7, 11) is 6.65. The van der Waals surface area contributed by atoms with Crippen LogP contribution in [0.5, 0.6) is 34.5 Å². The molecule has 11 heteroatoms. The molecule has 2 atom stereocenters. The molecular formula is C72H132O10Y. The van der Waals surface area contributed by atoms with Gasteiger partial charge in [0.15, 0.2) is 0 Å². The Morgan fingerprint density at radius 3 is 0.494 bits per heavy atom. The largest absolute Gasteiger partial charge is 0.497 e. The minimum absolute atomic E-state index is 0. The molecule has 0 bridgehead atoms. The Bertz CT molecular complexity index is 1530. The first-order chi connectivity index (χ1) is 39.0. The summed E-state index contributed by atoms with van der Waals surface area (Å²) in [6.45, 7) is 40.7. The van der Waals surface area contributed by atoms with E-state index in [1.54, 1.807) is 52.7 Å². The van der Waals surface area contributed by atoms with Gasteiger partial charge >= 0.3 is 0 Å². The molecule has 0 amide bonds. The summed E-state index contributed by atoms with van der Waals surface area (Å²) < 4.78 is 30.0. The zero-order valence-corrected chi connectivity index (χ0v) is 58.8. The quantitative estimate of drug-likeness (QED) is 0.0938. The molecule has 0 aromatic heterocycles. The molecule has 6 aromatic carbocycles. The minimum Gasteiger partial charge on any atom is -0.497 e. The molecule has 83 heavy (non-hydrogen) atoms. The van der Waals surface area contributed by atoms with Crippen LogP contribution in [-0.2, 0) is 32.7 Å². The first kappa shape index (κ1) is 110. The third-order valence-electron chi connectivity index (χ3n) is 6.71. The van der Waals surface area contributed by atoms with Gasteiger partial charge in [-0.25, -0.2) is 0 Å². The van der Waals surface area contributed by atoms with Gasteiger partial charge in [-0.05, 0) is 72.8 Å². The van der Waals surface area contributed by atoms with Crippen LogP contribution in [0.1, 0.15) is 179 Å². The van der Waals surface area contributed by atoms with Crippen molar-refractivity contribution in [1.82, 2.24) is 0 Å². The summed E-state index contributed by atoms with van der Waals surface area (Å²) in [5, 5.41) is 34.9. The molecule has 0 aliphatic rings. The molecule has 6 aromatic rings. The molecule has 0 saturated heterocycles. The maximum absolute atomic E-state index is 8.94. The van der Waals surface area contributed by atoms with Crippen LogP contribution in [-0.4, -0.2) is 87.5 Å². The SMILES string of the molecule is C.C.CC.CC.CC.CC.CC.CC.CCC.CCC.CCC.CCC.COc1ccccc1.COc1ccccc1.COc1ccccc1.COc1ccccc1.OCC(O)COc1ccccc1.OCC(O)COc1ccccc1.[Y]. The number of ether oxygens (including phenoxy) is 6. The van der Waals surface area contributed by atoms with Crippen LogP contribution in [0.25, 0.3) is 0 Å². The van der Waals surface area contributed by atoms with E-state index >= 15 is 0 Å². The molecule has 1 radical (unpaired) electrons. The smallest absolute Gasteiger partial charge is 0.119 e. The molecule has 2 unspecified atom stereocenters. The van der Waals surface area contributed by atoms with Gasteiger partial charge in [0.05, 0.1) is 41.7 Å². The molecule has 0 heterocycles. The summed E-state index contributed by atoms with van der Waals surface area (Å²) in [5.74, 6) is 5.04. The summed E-state index contributed by atoms with van der Waals surface area (Å²) in [6, 6.07) is 57.1. The molecule has 10 nitrogen and oxygen atoms in total. The van der Waals surface area contributed by atoms with Crippen molar-refractivity contribution in [2.75, 3.05) is 54.9 Å². The van der Waals surface area contributed by atoms with E-state index in [2.05, 4.69) is 55.4 Å². The van der Waals surface area contributed by atoms with Crippen molar-refractivity contribution in [1.29, 1.82) is 0 Å². The zero-order valence-electron chi connectivity index (χ0n) is 55.9. The molecule has 0 aliphatic carbocycles. The summed E-state index contributed by atoms with van der Waals surface area (Å²) in [6.07, 6.45) is 3.40. The number of aliphatic hydroxyl groups excluding tert-OH is 4. The Kier molecular flexibility index (Phi) is 148. The van der Waals surface area contributed by atoms with Crippen molar-refractivity contribution in [3.63, 3.8) is 0 Å². The molecule has 0 saturated carbocycles. The second kappa shape index (κ2) is 112. The van der Waals surface area contributed by atoms with Crippen LogP contribution in [0.3, 0.4) is 0 Å². The average molecular weight is 1250 g/mol. The number of hydrogen-bond donors (Lipinski definition) is 4. The summed E-state index contributed by atoms with van der Waals surface area (Å²) in [5.41, 5.74) is 0. The van der Waals surface area contributed by atoms with Crippen molar-refractivity contribution < 1.29 is 81.6 Å². The summed E-state index contributed by atoms with van der Waals surface area (Å²) >= 11 is 0. The second-order valence-corrected chi connectivity index (χ2v) is 13.8. The summed E-state index contributed by atoms with van der Waals surface area (Å²) in [4.78, 5) is 0. The molecule has 0 aliphatic heterocycles. The molecule has 483 valence electrons. The predicted molar refractivity (Wildman–Crippen MR) is 367 cm³/mol. The minimum atomic E-state index is -0.801. The van der Waals surface area contributed by atoms with E-state index in [0.717, 1.165) is 23.0 Å². The van der Waals surface area contributed by atoms with Gasteiger partial charge in [-0.2, -0.15) is 0 Å². The Morgan fingerprint density at radius 1 is 0.277 bits per heavy atom. The standard InChI is InChI=1S/2C9H12O3.4C7H8O.4C3H8.6C2H6.2CH4.Y/c2*10-6-8(11)7-12-9-4-2-1-3-5-9;4*1-8-7-5-3-2-4-6-7;4*1-3-2;6*1-2;;;/h2*1-5,8,10-11H,6-7H2;4*2-6H,1H3;4*3H2,1-2H3;6*1-2H3;2*1H4;. The predicted octanol–water partition coefficient (Wildman–Crippen LogP) is 20.7. The molecule has 4 N–H and O–H groups in total. The van der Waals surface area contributed by atoms with Gasteiger partial charge in [-0.1, -0.05) is 288 Å². The van der Waals surface area contributed by atoms with Crippen LogP contribution in [0, 0.1) is 0 Å². The van der Waals surface area contributed by atoms with Crippen LogP contribution < -0.4 is 28.4 Å². The van der Waals surface area contributed by atoms with Crippen molar-refractivity contribution in [2.45, 2.75) is 191 Å². The van der Waals surface area contributed by atoms with Crippen molar-refractivity contribution in [3.05, 3.63) is 182 Å². The van der Waals surface area contributed by atoms with E-state index in [1.165, 1.54) is 25.7 Å². The number of benzene rings is 6. The Labute approximate surface area is 540 Å². The van der Waals surface area contributed by atoms with E-state index in [9.17, 15) is 0 Å². The molecular weight excluding hydrogens is 1110 g/mol. The number of aliphatic hydroxyl groups is 4. The van der Waals surface area contributed by atoms with Crippen LogP contribution in [0.4, 0.5) is 0 Å². The Hall–Kier alpha value is -4.94. The van der Waals surface area contributed by atoms with Crippen LogP contribution in [0.15, 0.2) is 182 Å². The van der Waals surface area contributed by atoms with Gasteiger partial charge < -0.3 is 48.8 Å². The van der Waals surface area contributed by atoms with Gasteiger partial charge in [0.1, 0.15) is 59.9 Å². The van der Waals surface area contributed by atoms with E-state index in [-0.39, 0.29) is 74.0 Å². The van der Waals surface area contributed by atoms with Gasteiger partial charge in [0.2, 0.25) is 0 Å². The van der Waals surface area contributed by atoms with Crippen molar-refractivity contribution in [3.8, 4) is 34.5 Å². The fourth-order valence-electron chi connectivity index (χ4n) is 3.75. The number of rotatable bonds is 12. The van der Waals surface area contributed by atoms with Crippen molar-refractivity contribution in [2.24, 2.45) is 0 Å². The van der Waals surface area contributed by atoms with Gasteiger partial charge in [0, 0.05) is 32.7 Å². The van der Waals surface area contributed by atoms with Gasteiger partial charge in [-0.3, -0.25) is 0 Å². The third kappa shape index (κ3) is 103. The van der Waals surface area contributed by atoms with Crippen LogP contribution in [0.2, 0.25) is 0 Å². The first-order valence-corrected chi connectivity index (χ1v) is 29.3. The third-order valence-corrected chi connectivity index (χ3v) is 6.71. The van der Waals surface area contributed by atoms with Gasteiger partial charge in [0.25, 0.3) is 0 Å². The first-order valence-electron chi connectivity index (χ1n) is 29.3. The second-order valence-electron chi connectivity index (χ2n) is 13.8. The fourth-order valence-corrected chi connectivity index (χ4v) is 3.75. The maximum atomic E-state index is 8.94. The topological polar surface area (TPSA) is 136 Å². The van der Waals surface area contributed by atoms with E-state index in [0.29, 0.717) is 11.5 Å². The van der Waals surface area contributed by atoms with E-state index < -0.39 is 12.2 Å². The monoisotopic (exact) mass is 1250 g/mol.